The Bertz CT molecular complexity index is 1600. The van der Waals surface area contributed by atoms with E-state index in [1.54, 1.807) is 31.5 Å². The first-order valence-electron chi connectivity index (χ1n) is 16.9. The number of hydrogen-bond donors (Lipinski definition) is 3. The summed E-state index contributed by atoms with van der Waals surface area (Å²) in [5.74, 6) is -2.01. The van der Waals surface area contributed by atoms with Crippen LogP contribution in [0.2, 0.25) is 0 Å². The molecule has 0 bridgehead atoms. The van der Waals surface area contributed by atoms with Gasteiger partial charge in [-0.05, 0) is 63.3 Å². The summed E-state index contributed by atoms with van der Waals surface area (Å²) >= 11 is 0. The largest absolute Gasteiger partial charge is 0.444 e. The molecule has 50 heavy (non-hydrogen) atoms. The van der Waals surface area contributed by atoms with Crippen LogP contribution in [0, 0.1) is 23.5 Å². The molecule has 0 spiro atoms. The first-order chi connectivity index (χ1) is 23.8. The summed E-state index contributed by atoms with van der Waals surface area (Å²) in [6.45, 7) is 4.98. The number of halogens is 3. The zero-order chi connectivity index (χ0) is 36.0. The lowest BCUT2D eigenvalue weighted by Crippen LogP contribution is -2.50. The number of imidazole rings is 1. The lowest BCUT2D eigenvalue weighted by Gasteiger charge is -2.40. The molecule has 3 heterocycles. The molecule has 0 aliphatic carbocycles. The molecular weight excluding hydrogens is 655 g/mol. The van der Waals surface area contributed by atoms with Crippen LogP contribution >= 0.6 is 0 Å². The number of rotatable bonds is 11. The molecule has 3 amide bonds. The molecule has 2 aliphatic heterocycles. The Morgan fingerprint density at radius 3 is 2.52 bits per heavy atom. The maximum Gasteiger partial charge on any atom is 0.410 e. The van der Waals surface area contributed by atoms with Crippen molar-refractivity contribution in [3.05, 3.63) is 77.8 Å². The highest BCUT2D eigenvalue weighted by Gasteiger charge is 2.43. The lowest BCUT2D eigenvalue weighted by atomic mass is 9.89. The van der Waals surface area contributed by atoms with Crippen LogP contribution in [0.15, 0.2) is 54.7 Å². The van der Waals surface area contributed by atoms with E-state index in [2.05, 4.69) is 5.32 Å². The normalized spacial score (nSPS) is 19.6. The summed E-state index contributed by atoms with van der Waals surface area (Å²) in [5.41, 5.74) is 0.196. The first-order valence-corrected chi connectivity index (χ1v) is 16.9. The number of aliphatic hydroxyl groups excluding tert-OH is 2. The van der Waals surface area contributed by atoms with Gasteiger partial charge in [0, 0.05) is 57.1 Å². The Morgan fingerprint density at radius 2 is 1.84 bits per heavy atom. The van der Waals surface area contributed by atoms with E-state index in [0.717, 1.165) is 23.8 Å². The summed E-state index contributed by atoms with van der Waals surface area (Å²) in [7, 11) is 0. The maximum absolute atomic E-state index is 15.8. The highest BCUT2D eigenvalue weighted by molar-refractivity contribution is 5.75. The van der Waals surface area contributed by atoms with Gasteiger partial charge in [0.25, 0.3) is 0 Å². The summed E-state index contributed by atoms with van der Waals surface area (Å²) in [6, 6.07) is 11.1. The van der Waals surface area contributed by atoms with E-state index in [0.29, 0.717) is 31.9 Å². The van der Waals surface area contributed by atoms with Gasteiger partial charge < -0.3 is 39.4 Å². The topological polar surface area (TPSA) is 129 Å². The standard InChI is InChI=1S/C36H46F3N5O6/c1-36(2,3)50-35(48)43-18-25(30(39)20-43)19-44(34(47)40-16-27(46)22-45)32(24-11-13-49-14-12-24)33-41-31(28-15-26(37)9-10-29(28)38)21-42(33)17-23-7-5-4-6-8-23/h4-10,15,21,24-25,27,30,32,45-46H,11-14,16-20,22H2,1-3H3,(H,40,47)/t25?,27?,30?,32-/m1/s1. The highest BCUT2D eigenvalue weighted by atomic mass is 19.1. The molecule has 5 rings (SSSR count). The van der Waals surface area contributed by atoms with Crippen LogP contribution in [0.3, 0.4) is 0 Å². The fourth-order valence-electron chi connectivity index (χ4n) is 6.46. The van der Waals surface area contributed by atoms with Gasteiger partial charge in [-0.25, -0.2) is 27.7 Å². The Balaban J connectivity index is 1.59. The summed E-state index contributed by atoms with van der Waals surface area (Å²) in [4.78, 5) is 34.7. The molecule has 3 aromatic rings. The number of benzene rings is 2. The van der Waals surface area contributed by atoms with Crippen LogP contribution in [0.5, 0.6) is 0 Å². The van der Waals surface area contributed by atoms with E-state index in [1.807, 2.05) is 30.3 Å². The number of carbonyl (C=O) groups is 2. The number of ether oxygens (including phenoxy) is 2. The molecule has 4 atom stereocenters. The second-order valence-electron chi connectivity index (χ2n) is 14.0. The molecule has 2 saturated heterocycles. The smallest absolute Gasteiger partial charge is 0.410 e. The molecule has 272 valence electrons. The van der Waals surface area contributed by atoms with Crippen LogP contribution in [-0.4, -0.2) is 106 Å². The lowest BCUT2D eigenvalue weighted by molar-refractivity contribution is 0.0231. The maximum atomic E-state index is 15.8. The third kappa shape index (κ3) is 9.34. The average Bonchev–Trinajstić information content (AvgIpc) is 3.67. The monoisotopic (exact) mass is 701 g/mol. The molecule has 11 nitrogen and oxygen atoms in total. The Labute approximate surface area is 290 Å². The van der Waals surface area contributed by atoms with Gasteiger partial charge in [0.05, 0.1) is 31.0 Å². The predicted molar refractivity (Wildman–Crippen MR) is 179 cm³/mol. The minimum absolute atomic E-state index is 0.0160. The van der Waals surface area contributed by atoms with Gasteiger partial charge in [-0.2, -0.15) is 0 Å². The number of likely N-dealkylation sites (tertiary alicyclic amines) is 1. The fraction of sp³-hybridized carbons (Fsp3) is 0.528. The molecule has 0 radical (unpaired) electrons. The van der Waals surface area contributed by atoms with Crippen LogP contribution < -0.4 is 5.32 Å². The SMILES string of the molecule is CC(C)(C)OC(=O)N1CC(F)C(CN(C(=O)NCC(O)CO)[C@@H](c2nc(-c3cc(F)ccc3F)cn2Cc2ccccc2)C2CCOCC2)C1. The number of aliphatic hydroxyl groups is 2. The molecule has 0 saturated carbocycles. The number of hydrogen-bond acceptors (Lipinski definition) is 7. The summed E-state index contributed by atoms with van der Waals surface area (Å²) < 4.78 is 58.3. The molecule has 2 aliphatic rings. The molecule has 3 unspecified atom stereocenters. The van der Waals surface area contributed by atoms with Crippen LogP contribution in [-0.2, 0) is 16.0 Å². The second kappa shape index (κ2) is 16.3. The Kier molecular flexibility index (Phi) is 12.1. The van der Waals surface area contributed by atoms with E-state index in [4.69, 9.17) is 14.5 Å². The van der Waals surface area contributed by atoms with Crippen molar-refractivity contribution in [2.45, 2.75) is 64.1 Å². The third-order valence-corrected chi connectivity index (χ3v) is 8.92. The average molecular weight is 702 g/mol. The minimum atomic E-state index is -1.49. The zero-order valence-electron chi connectivity index (χ0n) is 28.6. The van der Waals surface area contributed by atoms with Gasteiger partial charge >= 0.3 is 12.1 Å². The van der Waals surface area contributed by atoms with Crippen molar-refractivity contribution < 1.29 is 42.4 Å². The number of urea groups is 1. The summed E-state index contributed by atoms with van der Waals surface area (Å²) in [5, 5.41) is 22.2. The zero-order valence-corrected chi connectivity index (χ0v) is 28.6. The van der Waals surface area contributed by atoms with E-state index < -0.39 is 60.2 Å². The van der Waals surface area contributed by atoms with Crippen LogP contribution in [0.1, 0.15) is 51.0 Å². The van der Waals surface area contributed by atoms with Crippen molar-refractivity contribution in [3.63, 3.8) is 0 Å². The second-order valence-corrected chi connectivity index (χ2v) is 14.0. The molecule has 2 fully saturated rings. The van der Waals surface area contributed by atoms with Crippen molar-refractivity contribution in [2.24, 2.45) is 11.8 Å². The number of amides is 3. The molecule has 1 aromatic heterocycles. The molecule has 14 heteroatoms. The number of nitrogens with one attached hydrogen (secondary N) is 1. The first kappa shape index (κ1) is 37.1. The number of nitrogens with zero attached hydrogens (tertiary/aromatic N) is 4. The van der Waals surface area contributed by atoms with Crippen LogP contribution in [0.25, 0.3) is 11.3 Å². The number of carbonyl (C=O) groups excluding carboxylic acids is 2. The van der Waals surface area contributed by atoms with Gasteiger partial charge in [0.15, 0.2) is 0 Å². The van der Waals surface area contributed by atoms with Gasteiger partial charge in [-0.1, -0.05) is 30.3 Å². The third-order valence-electron chi connectivity index (χ3n) is 8.92. The molecule has 3 N–H and O–H groups in total. The highest BCUT2D eigenvalue weighted by Crippen LogP contribution is 2.38. The van der Waals surface area contributed by atoms with Gasteiger partial charge in [0.1, 0.15) is 29.2 Å². The van der Waals surface area contributed by atoms with Crippen molar-refractivity contribution in [1.82, 2.24) is 24.7 Å². The van der Waals surface area contributed by atoms with E-state index >= 15 is 8.78 Å². The number of alkyl halides is 1. The Hall–Kier alpha value is -4.14. The molecule has 2 aromatic carbocycles. The minimum Gasteiger partial charge on any atom is -0.444 e. The van der Waals surface area contributed by atoms with E-state index in [1.165, 1.54) is 9.80 Å². The summed E-state index contributed by atoms with van der Waals surface area (Å²) in [6.07, 6.45) is -0.737. The predicted octanol–water partition coefficient (Wildman–Crippen LogP) is 4.91. The van der Waals surface area contributed by atoms with Crippen molar-refractivity contribution in [3.8, 4) is 11.3 Å². The van der Waals surface area contributed by atoms with Gasteiger partial charge in [-0.3, -0.25) is 0 Å². The van der Waals surface area contributed by atoms with Crippen molar-refractivity contribution in [2.75, 3.05) is 46.0 Å². The van der Waals surface area contributed by atoms with Crippen LogP contribution in [0.4, 0.5) is 22.8 Å². The fourth-order valence-corrected chi connectivity index (χ4v) is 6.46. The van der Waals surface area contributed by atoms with Crippen molar-refractivity contribution in [1.29, 1.82) is 0 Å². The Morgan fingerprint density at radius 1 is 1.12 bits per heavy atom. The molecular formula is C36H46F3N5O6. The van der Waals surface area contributed by atoms with Crippen molar-refractivity contribution >= 4 is 12.1 Å². The number of aromatic nitrogens is 2. The quantitative estimate of drug-likeness (QED) is 0.259. The van der Waals surface area contributed by atoms with E-state index in [9.17, 15) is 24.2 Å². The van der Waals surface area contributed by atoms with E-state index in [-0.39, 0.29) is 49.9 Å². The van der Waals surface area contributed by atoms with Gasteiger partial charge in [-0.15, -0.1) is 0 Å². The van der Waals surface area contributed by atoms with Gasteiger partial charge in [0.2, 0.25) is 0 Å².